The van der Waals surface area contributed by atoms with Crippen molar-refractivity contribution >= 4 is 5.97 Å². The van der Waals surface area contributed by atoms with E-state index in [1.54, 1.807) is 0 Å². The van der Waals surface area contributed by atoms with Crippen molar-refractivity contribution in [2.45, 2.75) is 52.4 Å². The van der Waals surface area contributed by atoms with Gasteiger partial charge in [-0.05, 0) is 64.4 Å². The summed E-state index contributed by atoms with van der Waals surface area (Å²) in [6.07, 6.45) is 0.859. The van der Waals surface area contributed by atoms with Crippen molar-refractivity contribution in [3.63, 3.8) is 0 Å². The summed E-state index contributed by atoms with van der Waals surface area (Å²) >= 11 is 0. The van der Waals surface area contributed by atoms with Gasteiger partial charge in [0.2, 0.25) is 0 Å². The molecule has 2 rings (SSSR count). The van der Waals surface area contributed by atoms with E-state index < -0.39 is 5.60 Å². The fraction of sp³-hybridized carbons (Fsp3) is 0.435. The Morgan fingerprint density at radius 2 is 1.63 bits per heavy atom. The van der Waals surface area contributed by atoms with E-state index in [9.17, 15) is 4.79 Å². The topological polar surface area (TPSA) is 38.8 Å². The molecule has 1 atom stereocenters. The number of carbonyl (C=O) groups is 1. The van der Waals surface area contributed by atoms with Crippen LogP contribution < -0.4 is 4.74 Å². The molecule has 2 aromatic rings. The second-order valence-corrected chi connectivity index (χ2v) is 7.97. The Kier molecular flexibility index (Phi) is 7.43. The molecule has 0 heterocycles. The molecule has 0 saturated carbocycles. The third-order valence-electron chi connectivity index (χ3n) is 4.25. The van der Waals surface area contributed by atoms with Gasteiger partial charge < -0.3 is 9.47 Å². The zero-order valence-electron chi connectivity index (χ0n) is 17.1. The summed E-state index contributed by atoms with van der Waals surface area (Å²) in [4.78, 5) is 14.0. The van der Waals surface area contributed by atoms with Crippen LogP contribution in [-0.4, -0.2) is 36.1 Å². The first-order valence-electron chi connectivity index (χ1n) is 9.41. The zero-order chi connectivity index (χ0) is 19.9. The van der Waals surface area contributed by atoms with Crippen molar-refractivity contribution < 1.29 is 14.3 Å². The highest BCUT2D eigenvalue weighted by molar-refractivity contribution is 5.72. The van der Waals surface area contributed by atoms with Crippen LogP contribution in [0.5, 0.6) is 5.75 Å². The molecule has 0 aliphatic carbocycles. The van der Waals surface area contributed by atoms with Crippen molar-refractivity contribution in [3.05, 3.63) is 65.7 Å². The maximum Gasteiger partial charge on any atom is 0.320 e. The van der Waals surface area contributed by atoms with Crippen molar-refractivity contribution in [3.8, 4) is 5.75 Å². The normalized spacial score (nSPS) is 12.7. The molecule has 0 fully saturated rings. The Morgan fingerprint density at radius 3 is 2.22 bits per heavy atom. The van der Waals surface area contributed by atoms with Gasteiger partial charge in [0.15, 0.2) is 0 Å². The summed E-state index contributed by atoms with van der Waals surface area (Å²) in [5, 5.41) is 0. The minimum atomic E-state index is -0.448. The Labute approximate surface area is 163 Å². The van der Waals surface area contributed by atoms with Gasteiger partial charge in [0.05, 0.1) is 6.54 Å². The molecule has 0 unspecified atom stereocenters. The van der Waals surface area contributed by atoms with Gasteiger partial charge in [0, 0.05) is 6.04 Å². The second kappa shape index (κ2) is 9.56. The second-order valence-electron chi connectivity index (χ2n) is 7.97. The Bertz CT molecular complexity index is 705. The van der Waals surface area contributed by atoms with Crippen molar-refractivity contribution in [1.82, 2.24) is 4.90 Å². The van der Waals surface area contributed by atoms with Crippen LogP contribution in [-0.2, 0) is 22.6 Å². The SMILES string of the molecule is C[C@H](Cc1ccc(OCc2ccccc2)cc1)N(C)CC(=O)OC(C)(C)C. The van der Waals surface area contributed by atoms with Crippen LogP contribution in [0.25, 0.3) is 0 Å². The summed E-state index contributed by atoms with van der Waals surface area (Å²) in [5.74, 6) is 0.666. The number of benzene rings is 2. The molecule has 27 heavy (non-hydrogen) atoms. The van der Waals surface area contributed by atoms with Crippen molar-refractivity contribution in [1.29, 1.82) is 0 Å². The molecule has 0 aromatic heterocycles. The molecule has 146 valence electrons. The number of esters is 1. The molecule has 4 nitrogen and oxygen atoms in total. The summed E-state index contributed by atoms with van der Waals surface area (Å²) in [6, 6.07) is 18.5. The first-order valence-corrected chi connectivity index (χ1v) is 9.41. The Morgan fingerprint density at radius 1 is 1.00 bits per heavy atom. The van der Waals surface area contributed by atoms with Gasteiger partial charge in [-0.1, -0.05) is 42.5 Å². The van der Waals surface area contributed by atoms with E-state index in [2.05, 4.69) is 31.2 Å². The predicted molar refractivity (Wildman–Crippen MR) is 109 cm³/mol. The van der Waals surface area contributed by atoms with Gasteiger partial charge in [-0.15, -0.1) is 0 Å². The van der Waals surface area contributed by atoms with Crippen LogP contribution in [0.4, 0.5) is 0 Å². The van der Waals surface area contributed by atoms with Gasteiger partial charge in [-0.25, -0.2) is 0 Å². The number of rotatable bonds is 8. The third-order valence-corrected chi connectivity index (χ3v) is 4.25. The quantitative estimate of drug-likeness (QED) is 0.644. The highest BCUT2D eigenvalue weighted by Gasteiger charge is 2.19. The summed E-state index contributed by atoms with van der Waals surface area (Å²) in [6.45, 7) is 8.62. The van der Waals surface area contributed by atoms with Gasteiger partial charge in [0.1, 0.15) is 18.0 Å². The molecule has 0 radical (unpaired) electrons. The van der Waals surface area contributed by atoms with E-state index in [0.717, 1.165) is 17.7 Å². The van der Waals surface area contributed by atoms with E-state index in [-0.39, 0.29) is 18.6 Å². The van der Waals surface area contributed by atoms with Gasteiger partial charge in [-0.2, -0.15) is 0 Å². The van der Waals surface area contributed by atoms with Crippen molar-refractivity contribution in [2.75, 3.05) is 13.6 Å². The number of hydrogen-bond donors (Lipinski definition) is 0. The minimum absolute atomic E-state index is 0.193. The lowest BCUT2D eigenvalue weighted by Crippen LogP contribution is -2.38. The molecular formula is C23H31NO3. The van der Waals surface area contributed by atoms with E-state index in [1.807, 2.05) is 63.1 Å². The average molecular weight is 370 g/mol. The number of nitrogens with zero attached hydrogens (tertiary/aromatic N) is 1. The van der Waals surface area contributed by atoms with Crippen LogP contribution in [0, 0.1) is 0 Å². The Balaban J connectivity index is 1.81. The summed E-state index contributed by atoms with van der Waals surface area (Å²) < 4.78 is 11.2. The zero-order valence-corrected chi connectivity index (χ0v) is 17.1. The van der Waals surface area contributed by atoms with Crippen LogP contribution in [0.1, 0.15) is 38.8 Å². The third kappa shape index (κ3) is 7.83. The van der Waals surface area contributed by atoms with Gasteiger partial charge in [-0.3, -0.25) is 9.69 Å². The van der Waals surface area contributed by atoms with E-state index >= 15 is 0 Å². The monoisotopic (exact) mass is 369 g/mol. The molecule has 0 aliphatic heterocycles. The molecule has 0 saturated heterocycles. The standard InChI is InChI=1S/C23H31NO3/c1-18(24(5)16-22(25)27-23(2,3)4)15-19-11-13-21(14-12-19)26-17-20-9-7-6-8-10-20/h6-14,18H,15-17H2,1-5H3/t18-/m1/s1. The first kappa shape index (κ1) is 21.0. The lowest BCUT2D eigenvalue weighted by atomic mass is 10.1. The van der Waals surface area contributed by atoms with Gasteiger partial charge in [0.25, 0.3) is 0 Å². The maximum absolute atomic E-state index is 12.0. The predicted octanol–water partition coefficient (Wildman–Crippen LogP) is 4.47. The van der Waals surface area contributed by atoms with Gasteiger partial charge >= 0.3 is 5.97 Å². The van der Waals surface area contributed by atoms with Crippen LogP contribution >= 0.6 is 0 Å². The fourth-order valence-corrected chi connectivity index (χ4v) is 2.69. The number of ether oxygens (including phenoxy) is 2. The van der Waals surface area contributed by atoms with Crippen LogP contribution in [0.2, 0.25) is 0 Å². The number of likely N-dealkylation sites (N-methyl/N-ethyl adjacent to an activating group) is 1. The largest absolute Gasteiger partial charge is 0.489 e. The molecule has 0 N–H and O–H groups in total. The summed E-state index contributed by atoms with van der Waals surface area (Å²) in [7, 11) is 1.95. The molecule has 0 bridgehead atoms. The van der Waals surface area contributed by atoms with Crippen LogP contribution in [0.3, 0.4) is 0 Å². The minimum Gasteiger partial charge on any atom is -0.489 e. The summed E-state index contributed by atoms with van der Waals surface area (Å²) in [5.41, 5.74) is 1.92. The average Bonchev–Trinajstić information content (AvgIpc) is 2.60. The number of carbonyl (C=O) groups excluding carboxylic acids is 1. The van der Waals surface area contributed by atoms with Crippen molar-refractivity contribution in [2.24, 2.45) is 0 Å². The van der Waals surface area contributed by atoms with E-state index in [4.69, 9.17) is 9.47 Å². The molecule has 0 spiro atoms. The lowest BCUT2D eigenvalue weighted by molar-refractivity contribution is -0.156. The maximum atomic E-state index is 12.0. The highest BCUT2D eigenvalue weighted by Crippen LogP contribution is 2.16. The Hall–Kier alpha value is -2.33. The number of hydrogen-bond acceptors (Lipinski definition) is 4. The molecule has 2 aromatic carbocycles. The highest BCUT2D eigenvalue weighted by atomic mass is 16.6. The molecule has 4 heteroatoms. The lowest BCUT2D eigenvalue weighted by Gasteiger charge is -2.26. The fourth-order valence-electron chi connectivity index (χ4n) is 2.69. The van der Waals surface area contributed by atoms with E-state index in [0.29, 0.717) is 6.61 Å². The molecule has 0 aliphatic rings. The van der Waals surface area contributed by atoms with E-state index in [1.165, 1.54) is 5.56 Å². The molecule has 0 amide bonds. The molecular weight excluding hydrogens is 338 g/mol. The first-order chi connectivity index (χ1) is 12.7. The van der Waals surface area contributed by atoms with Crippen LogP contribution in [0.15, 0.2) is 54.6 Å². The smallest absolute Gasteiger partial charge is 0.320 e.